The minimum Gasteiger partial charge on any atom is -0.349 e. The first kappa shape index (κ1) is 15.8. The fourth-order valence-electron chi connectivity index (χ4n) is 4.09. The molecule has 2 rings (SSSR count). The van der Waals surface area contributed by atoms with Gasteiger partial charge >= 0.3 is 0 Å². The number of nitrogens with one attached hydrogen (secondary N) is 1. The molecule has 0 saturated heterocycles. The molecule has 3 heteroatoms. The molecule has 20 heavy (non-hydrogen) atoms. The molecule has 0 bridgehead atoms. The zero-order valence-corrected chi connectivity index (χ0v) is 13.1. The molecule has 2 fully saturated rings. The standard InChI is InChI=1S/C17H32N2O/c1-14-8-7-11-17(12-14,13-18)19-16(20)15-9-5-3-2-4-6-10-15/h14-15H,2-13,18H2,1H3,(H,19,20). The summed E-state index contributed by atoms with van der Waals surface area (Å²) in [6, 6.07) is 0. The predicted octanol–water partition coefficient (Wildman–Crippen LogP) is 3.37. The van der Waals surface area contributed by atoms with E-state index in [2.05, 4.69) is 12.2 Å². The van der Waals surface area contributed by atoms with Gasteiger partial charge in [0, 0.05) is 12.5 Å². The molecule has 3 N–H and O–H groups in total. The van der Waals surface area contributed by atoms with Gasteiger partial charge in [0.1, 0.15) is 0 Å². The Morgan fingerprint density at radius 1 is 1.10 bits per heavy atom. The molecule has 116 valence electrons. The molecule has 0 aliphatic heterocycles. The summed E-state index contributed by atoms with van der Waals surface area (Å²) >= 11 is 0. The minimum absolute atomic E-state index is 0.114. The zero-order chi connectivity index (χ0) is 14.4. The number of carbonyl (C=O) groups is 1. The van der Waals surface area contributed by atoms with E-state index in [9.17, 15) is 4.79 Å². The first-order valence-corrected chi connectivity index (χ1v) is 8.67. The molecule has 2 aliphatic rings. The Bertz CT molecular complexity index is 310. The predicted molar refractivity (Wildman–Crippen MR) is 83.4 cm³/mol. The van der Waals surface area contributed by atoms with Gasteiger partial charge in [-0.2, -0.15) is 0 Å². The van der Waals surface area contributed by atoms with Crippen LogP contribution in [0, 0.1) is 11.8 Å². The molecular weight excluding hydrogens is 248 g/mol. The third-order valence-corrected chi connectivity index (χ3v) is 5.35. The van der Waals surface area contributed by atoms with Crippen molar-refractivity contribution in [1.29, 1.82) is 0 Å². The zero-order valence-electron chi connectivity index (χ0n) is 13.1. The first-order chi connectivity index (χ1) is 9.65. The molecule has 2 atom stereocenters. The second-order valence-corrected chi connectivity index (χ2v) is 7.22. The van der Waals surface area contributed by atoms with Crippen LogP contribution in [0.25, 0.3) is 0 Å². The van der Waals surface area contributed by atoms with Crippen molar-refractivity contribution in [2.45, 2.75) is 83.1 Å². The molecule has 0 aromatic heterocycles. The molecule has 0 spiro atoms. The summed E-state index contributed by atoms with van der Waals surface area (Å²) in [5, 5.41) is 3.37. The second-order valence-electron chi connectivity index (χ2n) is 7.22. The number of amides is 1. The molecular formula is C17H32N2O. The van der Waals surface area contributed by atoms with Crippen LogP contribution in [0.5, 0.6) is 0 Å². The number of carbonyl (C=O) groups excluding carboxylic acids is 1. The summed E-state index contributed by atoms with van der Waals surface area (Å²) < 4.78 is 0. The van der Waals surface area contributed by atoms with E-state index in [4.69, 9.17) is 5.73 Å². The smallest absolute Gasteiger partial charge is 0.223 e. The van der Waals surface area contributed by atoms with E-state index in [1.807, 2.05) is 0 Å². The third-order valence-electron chi connectivity index (χ3n) is 5.35. The van der Waals surface area contributed by atoms with E-state index in [0.29, 0.717) is 12.5 Å². The van der Waals surface area contributed by atoms with Crippen molar-refractivity contribution in [2.24, 2.45) is 17.6 Å². The quantitative estimate of drug-likeness (QED) is 0.832. The lowest BCUT2D eigenvalue weighted by Gasteiger charge is -2.41. The SMILES string of the molecule is CC1CCCC(CN)(NC(=O)C2CCCCCCC2)C1. The summed E-state index contributed by atoms with van der Waals surface area (Å²) in [7, 11) is 0. The van der Waals surface area contributed by atoms with Gasteiger partial charge in [-0.3, -0.25) is 4.79 Å². The molecule has 3 nitrogen and oxygen atoms in total. The van der Waals surface area contributed by atoms with Crippen LogP contribution in [-0.4, -0.2) is 18.0 Å². The van der Waals surface area contributed by atoms with Gasteiger partial charge in [-0.25, -0.2) is 0 Å². The molecule has 0 aromatic rings. The summed E-state index contributed by atoms with van der Waals surface area (Å²) in [5.74, 6) is 1.20. The maximum absolute atomic E-state index is 12.6. The average molecular weight is 280 g/mol. The van der Waals surface area contributed by atoms with Gasteiger partial charge in [-0.15, -0.1) is 0 Å². The number of hydrogen-bond donors (Lipinski definition) is 2. The van der Waals surface area contributed by atoms with Crippen LogP contribution in [0.15, 0.2) is 0 Å². The van der Waals surface area contributed by atoms with E-state index in [1.54, 1.807) is 0 Å². The van der Waals surface area contributed by atoms with Crippen molar-refractivity contribution >= 4 is 5.91 Å². The number of rotatable bonds is 3. The molecule has 0 aromatic carbocycles. The lowest BCUT2D eigenvalue weighted by molar-refractivity contribution is -0.128. The summed E-state index contributed by atoms with van der Waals surface area (Å²) in [6.45, 7) is 2.88. The Balaban J connectivity index is 1.93. The second kappa shape index (κ2) is 7.44. The molecule has 2 saturated carbocycles. The monoisotopic (exact) mass is 280 g/mol. The lowest BCUT2D eigenvalue weighted by Crippen LogP contribution is -2.57. The van der Waals surface area contributed by atoms with Crippen molar-refractivity contribution in [3.8, 4) is 0 Å². The van der Waals surface area contributed by atoms with E-state index >= 15 is 0 Å². The van der Waals surface area contributed by atoms with Gasteiger partial charge in [-0.1, -0.05) is 51.9 Å². The Morgan fingerprint density at radius 2 is 1.75 bits per heavy atom. The van der Waals surface area contributed by atoms with E-state index in [-0.39, 0.29) is 17.4 Å². The Labute approximate surface area is 124 Å². The normalized spacial score (nSPS) is 33.2. The lowest BCUT2D eigenvalue weighted by atomic mass is 9.76. The molecule has 0 heterocycles. The summed E-state index contributed by atoms with van der Waals surface area (Å²) in [4.78, 5) is 12.6. The van der Waals surface area contributed by atoms with Gasteiger partial charge < -0.3 is 11.1 Å². The van der Waals surface area contributed by atoms with Crippen LogP contribution >= 0.6 is 0 Å². The highest BCUT2D eigenvalue weighted by molar-refractivity contribution is 5.79. The van der Waals surface area contributed by atoms with Gasteiger partial charge in [0.05, 0.1) is 5.54 Å². The third kappa shape index (κ3) is 4.21. The highest BCUT2D eigenvalue weighted by Crippen LogP contribution is 2.32. The van der Waals surface area contributed by atoms with Crippen molar-refractivity contribution in [2.75, 3.05) is 6.54 Å². The molecule has 2 aliphatic carbocycles. The minimum atomic E-state index is -0.114. The van der Waals surface area contributed by atoms with Crippen LogP contribution in [0.4, 0.5) is 0 Å². The van der Waals surface area contributed by atoms with Crippen molar-refractivity contribution < 1.29 is 4.79 Å². The van der Waals surface area contributed by atoms with Crippen molar-refractivity contribution in [3.63, 3.8) is 0 Å². The fourth-order valence-corrected chi connectivity index (χ4v) is 4.09. The average Bonchev–Trinajstić information content (AvgIpc) is 2.38. The number of hydrogen-bond acceptors (Lipinski definition) is 2. The highest BCUT2D eigenvalue weighted by atomic mass is 16.2. The van der Waals surface area contributed by atoms with Gasteiger partial charge in [0.25, 0.3) is 0 Å². The van der Waals surface area contributed by atoms with E-state index in [0.717, 1.165) is 25.7 Å². The first-order valence-electron chi connectivity index (χ1n) is 8.67. The van der Waals surface area contributed by atoms with Crippen LogP contribution in [0.1, 0.15) is 77.6 Å². The highest BCUT2D eigenvalue weighted by Gasteiger charge is 2.36. The molecule has 0 radical (unpaired) electrons. The largest absolute Gasteiger partial charge is 0.349 e. The van der Waals surface area contributed by atoms with Crippen molar-refractivity contribution in [1.82, 2.24) is 5.32 Å². The van der Waals surface area contributed by atoms with Crippen LogP contribution < -0.4 is 11.1 Å². The Kier molecular flexibility index (Phi) is 5.88. The van der Waals surface area contributed by atoms with E-state index < -0.39 is 0 Å². The van der Waals surface area contributed by atoms with Gasteiger partial charge in [0.15, 0.2) is 0 Å². The molecule has 1 amide bonds. The van der Waals surface area contributed by atoms with Crippen LogP contribution in [0.3, 0.4) is 0 Å². The summed E-state index contributed by atoms with van der Waals surface area (Å²) in [6.07, 6.45) is 13.1. The molecule has 2 unspecified atom stereocenters. The fraction of sp³-hybridized carbons (Fsp3) is 0.941. The Morgan fingerprint density at radius 3 is 2.35 bits per heavy atom. The number of nitrogens with two attached hydrogens (primary N) is 1. The maximum Gasteiger partial charge on any atom is 0.223 e. The van der Waals surface area contributed by atoms with E-state index in [1.165, 1.54) is 44.9 Å². The Hall–Kier alpha value is -0.570. The maximum atomic E-state index is 12.6. The summed E-state index contributed by atoms with van der Waals surface area (Å²) in [5.41, 5.74) is 5.91. The van der Waals surface area contributed by atoms with Crippen LogP contribution in [0.2, 0.25) is 0 Å². The topological polar surface area (TPSA) is 55.1 Å². The van der Waals surface area contributed by atoms with Crippen LogP contribution in [-0.2, 0) is 4.79 Å². The van der Waals surface area contributed by atoms with Gasteiger partial charge in [-0.05, 0) is 31.6 Å². The van der Waals surface area contributed by atoms with Gasteiger partial charge in [0.2, 0.25) is 5.91 Å². The van der Waals surface area contributed by atoms with Crippen molar-refractivity contribution in [3.05, 3.63) is 0 Å².